The molecule has 1 unspecified atom stereocenters. The quantitative estimate of drug-likeness (QED) is 0.811. The first-order valence-corrected chi connectivity index (χ1v) is 8.45. The summed E-state index contributed by atoms with van der Waals surface area (Å²) >= 11 is 0. The van der Waals surface area contributed by atoms with Crippen LogP contribution in [0.2, 0.25) is 0 Å². The van der Waals surface area contributed by atoms with Gasteiger partial charge in [-0.15, -0.1) is 0 Å². The van der Waals surface area contributed by atoms with Crippen LogP contribution in [0.15, 0.2) is 17.0 Å². The molecule has 0 saturated carbocycles. The van der Waals surface area contributed by atoms with Gasteiger partial charge in [-0.25, -0.2) is 21.9 Å². The van der Waals surface area contributed by atoms with E-state index in [-0.39, 0.29) is 24.1 Å². The lowest BCUT2D eigenvalue weighted by molar-refractivity contribution is 0.389. The van der Waals surface area contributed by atoms with Crippen LogP contribution in [-0.4, -0.2) is 14.5 Å². The van der Waals surface area contributed by atoms with Gasteiger partial charge < -0.3 is 5.73 Å². The van der Waals surface area contributed by atoms with Crippen LogP contribution < -0.4 is 10.5 Å². The Morgan fingerprint density at radius 1 is 1.24 bits per heavy atom. The highest BCUT2D eigenvalue weighted by Crippen LogP contribution is 2.22. The Balaban J connectivity index is 3.16. The van der Waals surface area contributed by atoms with E-state index in [0.29, 0.717) is 0 Å². The van der Waals surface area contributed by atoms with Crippen molar-refractivity contribution in [1.29, 1.82) is 0 Å². The van der Waals surface area contributed by atoms with Crippen LogP contribution in [0.4, 0.5) is 8.78 Å². The van der Waals surface area contributed by atoms with Crippen molar-refractivity contribution in [2.24, 2.45) is 11.7 Å². The van der Waals surface area contributed by atoms with Crippen LogP contribution in [0.25, 0.3) is 0 Å². The van der Waals surface area contributed by atoms with E-state index < -0.39 is 26.6 Å². The second-order valence-electron chi connectivity index (χ2n) is 5.08. The molecule has 0 aliphatic carbocycles. The molecule has 1 aromatic carbocycles. The first-order chi connectivity index (χ1) is 9.76. The van der Waals surface area contributed by atoms with Gasteiger partial charge in [0, 0.05) is 12.6 Å². The Hall–Kier alpha value is -1.05. The predicted molar refractivity (Wildman–Crippen MR) is 78.1 cm³/mol. The van der Waals surface area contributed by atoms with Crippen LogP contribution in [0, 0.1) is 17.6 Å². The highest BCUT2D eigenvalue weighted by atomic mass is 32.2. The molecule has 0 aromatic heterocycles. The number of rotatable bonds is 7. The van der Waals surface area contributed by atoms with E-state index in [1.807, 2.05) is 13.8 Å². The molecule has 0 spiro atoms. The second kappa shape index (κ2) is 7.29. The lowest BCUT2D eigenvalue weighted by atomic mass is 9.96. The van der Waals surface area contributed by atoms with Crippen molar-refractivity contribution < 1.29 is 17.2 Å². The van der Waals surface area contributed by atoms with E-state index in [0.717, 1.165) is 25.0 Å². The second-order valence-corrected chi connectivity index (χ2v) is 6.76. The molecule has 0 radical (unpaired) electrons. The van der Waals surface area contributed by atoms with Gasteiger partial charge in [-0.3, -0.25) is 0 Å². The maximum Gasteiger partial charge on any atom is 0.243 e. The Labute approximate surface area is 124 Å². The molecule has 3 N–H and O–H groups in total. The summed E-state index contributed by atoms with van der Waals surface area (Å²) in [5.74, 6) is -2.46. The molecule has 0 amide bonds. The Kier molecular flexibility index (Phi) is 6.24. The van der Waals surface area contributed by atoms with Gasteiger partial charge in [0.25, 0.3) is 0 Å². The monoisotopic (exact) mass is 320 g/mol. The van der Waals surface area contributed by atoms with Gasteiger partial charge in [0.1, 0.15) is 4.90 Å². The number of halogens is 2. The molecule has 0 saturated heterocycles. The lowest BCUT2D eigenvalue weighted by Crippen LogP contribution is -2.38. The summed E-state index contributed by atoms with van der Waals surface area (Å²) in [5, 5.41) is 0. The number of hydrogen-bond donors (Lipinski definition) is 2. The summed E-state index contributed by atoms with van der Waals surface area (Å²) in [6.45, 7) is 5.56. The summed E-state index contributed by atoms with van der Waals surface area (Å²) in [6, 6.07) is 1.60. The fourth-order valence-corrected chi connectivity index (χ4v) is 3.78. The molecule has 7 heteroatoms. The zero-order valence-corrected chi connectivity index (χ0v) is 13.3. The maximum atomic E-state index is 13.8. The molecule has 21 heavy (non-hydrogen) atoms. The fourth-order valence-electron chi connectivity index (χ4n) is 2.33. The Morgan fingerprint density at radius 3 is 2.29 bits per heavy atom. The first-order valence-electron chi connectivity index (χ1n) is 6.97. The molecule has 1 rings (SSSR count). The van der Waals surface area contributed by atoms with E-state index in [1.165, 1.54) is 0 Å². The minimum absolute atomic E-state index is 0.0676. The zero-order chi connectivity index (χ0) is 16.2. The van der Waals surface area contributed by atoms with Gasteiger partial charge in [0.2, 0.25) is 10.0 Å². The summed E-state index contributed by atoms with van der Waals surface area (Å²) in [5.41, 5.74) is 5.60. The zero-order valence-electron chi connectivity index (χ0n) is 12.5. The van der Waals surface area contributed by atoms with E-state index in [2.05, 4.69) is 4.72 Å². The third-order valence-corrected chi connectivity index (χ3v) is 5.23. The third kappa shape index (κ3) is 4.21. The molecule has 0 bridgehead atoms. The Bertz CT molecular complexity index is 587. The topological polar surface area (TPSA) is 72.2 Å². The van der Waals surface area contributed by atoms with Crippen LogP contribution in [0.1, 0.15) is 39.2 Å². The van der Waals surface area contributed by atoms with E-state index in [1.54, 1.807) is 6.92 Å². The summed E-state index contributed by atoms with van der Waals surface area (Å²) in [4.78, 5) is -0.694. The fraction of sp³-hybridized carbons (Fsp3) is 0.571. The summed E-state index contributed by atoms with van der Waals surface area (Å²) in [7, 11) is -4.13. The molecule has 4 nitrogen and oxygen atoms in total. The minimum Gasteiger partial charge on any atom is -0.326 e. The summed E-state index contributed by atoms with van der Waals surface area (Å²) < 4.78 is 54.2. The van der Waals surface area contributed by atoms with Crippen molar-refractivity contribution in [1.82, 2.24) is 4.72 Å². The first kappa shape index (κ1) is 18.0. The average Bonchev–Trinajstić information content (AvgIpc) is 2.42. The summed E-state index contributed by atoms with van der Waals surface area (Å²) in [6.07, 6.45) is 1.58. The number of sulfonamides is 1. The molecule has 1 atom stereocenters. The van der Waals surface area contributed by atoms with Crippen molar-refractivity contribution >= 4 is 10.0 Å². The smallest absolute Gasteiger partial charge is 0.243 e. The molecular weight excluding hydrogens is 298 g/mol. The normalized spacial score (nSPS) is 13.7. The number of nitrogens with one attached hydrogen (secondary N) is 1. The molecule has 0 aliphatic rings. The molecule has 0 fully saturated rings. The van der Waals surface area contributed by atoms with Crippen LogP contribution in [-0.2, 0) is 16.6 Å². The lowest BCUT2D eigenvalue weighted by Gasteiger charge is -2.22. The van der Waals surface area contributed by atoms with Crippen LogP contribution in [0.3, 0.4) is 0 Å². The van der Waals surface area contributed by atoms with E-state index in [9.17, 15) is 17.2 Å². The highest BCUT2D eigenvalue weighted by Gasteiger charge is 2.26. The number of nitrogens with two attached hydrogens (primary N) is 1. The van der Waals surface area contributed by atoms with Crippen LogP contribution in [0.5, 0.6) is 0 Å². The van der Waals surface area contributed by atoms with Gasteiger partial charge in [-0.2, -0.15) is 0 Å². The number of hydrogen-bond acceptors (Lipinski definition) is 3. The molecule has 0 heterocycles. The van der Waals surface area contributed by atoms with Crippen molar-refractivity contribution in [2.45, 2.75) is 51.1 Å². The van der Waals surface area contributed by atoms with Crippen LogP contribution >= 0.6 is 0 Å². The largest absolute Gasteiger partial charge is 0.326 e. The SMILES string of the molecule is CCC(CC)C(C)NS(=O)(=O)c1cc(CN)cc(F)c1F. The van der Waals surface area contributed by atoms with Gasteiger partial charge in [0.15, 0.2) is 11.6 Å². The van der Waals surface area contributed by atoms with Crippen molar-refractivity contribution in [3.63, 3.8) is 0 Å². The molecular formula is C14H22F2N2O2S. The predicted octanol–water partition coefficient (Wildman–Crippen LogP) is 2.53. The standard InChI is InChI=1S/C14H22F2N2O2S/c1-4-11(5-2)9(3)18-21(19,20)13-7-10(8-17)6-12(15)14(13)16/h6-7,9,11,18H,4-5,8,17H2,1-3H3. The van der Waals surface area contributed by atoms with Crippen molar-refractivity contribution in [3.05, 3.63) is 29.3 Å². The number of benzene rings is 1. The van der Waals surface area contributed by atoms with Gasteiger partial charge in [0.05, 0.1) is 0 Å². The third-order valence-electron chi connectivity index (χ3n) is 3.68. The maximum absolute atomic E-state index is 13.8. The Morgan fingerprint density at radius 2 is 1.81 bits per heavy atom. The van der Waals surface area contributed by atoms with Gasteiger partial charge >= 0.3 is 0 Å². The molecule has 0 aliphatic heterocycles. The van der Waals surface area contributed by atoms with Crippen molar-refractivity contribution in [2.75, 3.05) is 0 Å². The van der Waals surface area contributed by atoms with E-state index >= 15 is 0 Å². The highest BCUT2D eigenvalue weighted by molar-refractivity contribution is 7.89. The average molecular weight is 320 g/mol. The molecule has 120 valence electrons. The van der Waals surface area contributed by atoms with E-state index in [4.69, 9.17) is 5.73 Å². The minimum atomic E-state index is -4.13. The van der Waals surface area contributed by atoms with Gasteiger partial charge in [-0.05, 0) is 30.5 Å². The van der Waals surface area contributed by atoms with Gasteiger partial charge in [-0.1, -0.05) is 26.7 Å². The van der Waals surface area contributed by atoms with Crippen molar-refractivity contribution in [3.8, 4) is 0 Å². The molecule has 1 aromatic rings.